The molecule has 0 aliphatic carbocycles. The van der Waals surface area contributed by atoms with Crippen molar-refractivity contribution >= 4 is 0 Å². The number of hydrogen-bond acceptors (Lipinski definition) is 6. The highest BCUT2D eigenvalue weighted by atomic mass is 16.4. The zero-order valence-corrected chi connectivity index (χ0v) is 8.97. The number of nitrogens with one attached hydrogen (secondary N) is 1. The molecule has 6 heteroatoms. The molecule has 0 radical (unpaired) electrons. The smallest absolute Gasteiger partial charge is 0.230 e. The maximum absolute atomic E-state index is 9.67. The van der Waals surface area contributed by atoms with Gasteiger partial charge in [0.15, 0.2) is 0 Å². The van der Waals surface area contributed by atoms with Crippen molar-refractivity contribution < 1.29 is 9.52 Å². The molecule has 84 valence electrons. The lowest BCUT2D eigenvalue weighted by Crippen LogP contribution is -2.40. The van der Waals surface area contributed by atoms with Crippen molar-refractivity contribution in [3.8, 4) is 0 Å². The van der Waals surface area contributed by atoms with Gasteiger partial charge in [-0.2, -0.15) is 0 Å². The summed E-state index contributed by atoms with van der Waals surface area (Å²) >= 11 is 0. The van der Waals surface area contributed by atoms with Gasteiger partial charge in [0.05, 0.1) is 12.6 Å². The molecule has 0 unspecified atom stereocenters. The van der Waals surface area contributed by atoms with Crippen LogP contribution in [0.25, 0.3) is 0 Å². The molecule has 2 heterocycles. The van der Waals surface area contributed by atoms with Gasteiger partial charge in [0.25, 0.3) is 0 Å². The first-order valence-corrected chi connectivity index (χ1v) is 5.05. The van der Waals surface area contributed by atoms with Crippen molar-refractivity contribution in [3.05, 3.63) is 11.8 Å². The molecular formula is C9H16N4O2. The Hall–Kier alpha value is -0.980. The molecule has 0 aromatic carbocycles. The van der Waals surface area contributed by atoms with E-state index in [0.29, 0.717) is 24.9 Å². The van der Waals surface area contributed by atoms with Crippen LogP contribution in [0.1, 0.15) is 11.8 Å². The Morgan fingerprint density at radius 3 is 2.87 bits per heavy atom. The second kappa shape index (κ2) is 4.26. The highest BCUT2D eigenvalue weighted by Crippen LogP contribution is 2.10. The van der Waals surface area contributed by atoms with Crippen LogP contribution in [0.4, 0.5) is 0 Å². The Morgan fingerprint density at radius 1 is 1.53 bits per heavy atom. The SMILES string of the molecule is Cc1nnc(CN(C)[C@H]2CNC[C@@H]2O)o1. The Bertz CT molecular complexity index is 328. The second-order valence-electron chi connectivity index (χ2n) is 3.92. The Morgan fingerprint density at radius 2 is 2.33 bits per heavy atom. The van der Waals surface area contributed by atoms with E-state index in [2.05, 4.69) is 15.5 Å². The first-order chi connectivity index (χ1) is 7.16. The summed E-state index contributed by atoms with van der Waals surface area (Å²) < 4.78 is 5.28. The highest BCUT2D eigenvalue weighted by Gasteiger charge is 2.29. The molecule has 0 amide bonds. The third-order valence-electron chi connectivity index (χ3n) is 2.67. The molecule has 2 rings (SSSR count). The predicted octanol–water partition coefficient (Wildman–Crippen LogP) is -0.857. The first-order valence-electron chi connectivity index (χ1n) is 5.05. The van der Waals surface area contributed by atoms with Gasteiger partial charge in [-0.15, -0.1) is 10.2 Å². The summed E-state index contributed by atoms with van der Waals surface area (Å²) in [7, 11) is 1.94. The molecule has 1 aliphatic heterocycles. The van der Waals surface area contributed by atoms with Gasteiger partial charge in [-0.3, -0.25) is 4.90 Å². The van der Waals surface area contributed by atoms with Gasteiger partial charge in [0, 0.05) is 26.1 Å². The van der Waals surface area contributed by atoms with E-state index in [9.17, 15) is 5.11 Å². The van der Waals surface area contributed by atoms with E-state index < -0.39 is 0 Å². The highest BCUT2D eigenvalue weighted by molar-refractivity contribution is 4.89. The number of aromatic nitrogens is 2. The standard InChI is InChI=1S/C9H16N4O2/c1-6-11-12-9(15-6)5-13(2)7-3-10-4-8(7)14/h7-8,10,14H,3-5H2,1-2H3/t7-,8-/m0/s1. The number of rotatable bonds is 3. The molecule has 1 saturated heterocycles. The zero-order valence-electron chi connectivity index (χ0n) is 8.97. The molecule has 6 nitrogen and oxygen atoms in total. The summed E-state index contributed by atoms with van der Waals surface area (Å²) in [5, 5.41) is 20.5. The molecule has 0 saturated carbocycles. The number of β-amino-alcohol motifs (C(OH)–C–C–N with tert-alkyl or cyclic N) is 1. The van der Waals surface area contributed by atoms with Crippen LogP contribution in [0, 0.1) is 6.92 Å². The molecule has 0 spiro atoms. The molecule has 2 atom stereocenters. The van der Waals surface area contributed by atoms with E-state index in [4.69, 9.17) is 4.42 Å². The van der Waals surface area contributed by atoms with Gasteiger partial charge in [-0.25, -0.2) is 0 Å². The van der Waals surface area contributed by atoms with E-state index in [0.717, 1.165) is 6.54 Å². The predicted molar refractivity (Wildman–Crippen MR) is 53.2 cm³/mol. The van der Waals surface area contributed by atoms with Crippen LogP contribution < -0.4 is 5.32 Å². The molecule has 0 bridgehead atoms. The largest absolute Gasteiger partial charge is 0.424 e. The van der Waals surface area contributed by atoms with E-state index in [1.807, 2.05) is 11.9 Å². The van der Waals surface area contributed by atoms with Crippen molar-refractivity contribution in [2.45, 2.75) is 25.6 Å². The van der Waals surface area contributed by atoms with Gasteiger partial charge >= 0.3 is 0 Å². The van der Waals surface area contributed by atoms with E-state index in [-0.39, 0.29) is 12.1 Å². The van der Waals surface area contributed by atoms with Gasteiger partial charge in [-0.1, -0.05) is 0 Å². The van der Waals surface area contributed by atoms with Crippen LogP contribution in [0.2, 0.25) is 0 Å². The number of aryl methyl sites for hydroxylation is 1. The molecule has 2 N–H and O–H groups in total. The van der Waals surface area contributed by atoms with Crippen molar-refractivity contribution in [2.75, 3.05) is 20.1 Å². The maximum atomic E-state index is 9.67. The summed E-state index contributed by atoms with van der Waals surface area (Å²) in [4.78, 5) is 2.03. The minimum atomic E-state index is -0.320. The lowest BCUT2D eigenvalue weighted by molar-refractivity contribution is 0.0903. The minimum Gasteiger partial charge on any atom is -0.424 e. The third kappa shape index (κ3) is 2.34. The van der Waals surface area contributed by atoms with Crippen molar-refractivity contribution in [1.29, 1.82) is 0 Å². The van der Waals surface area contributed by atoms with Crippen LogP contribution in [0.15, 0.2) is 4.42 Å². The van der Waals surface area contributed by atoms with Crippen molar-refractivity contribution in [1.82, 2.24) is 20.4 Å². The first kappa shape index (κ1) is 10.5. The van der Waals surface area contributed by atoms with Gasteiger partial charge < -0.3 is 14.8 Å². The summed E-state index contributed by atoms with van der Waals surface area (Å²) in [6, 6.07) is 0.122. The summed E-state index contributed by atoms with van der Waals surface area (Å²) in [5.41, 5.74) is 0. The Labute approximate surface area is 88.3 Å². The van der Waals surface area contributed by atoms with Crippen LogP contribution >= 0.6 is 0 Å². The van der Waals surface area contributed by atoms with Crippen molar-refractivity contribution in [3.63, 3.8) is 0 Å². The van der Waals surface area contributed by atoms with Crippen molar-refractivity contribution in [2.24, 2.45) is 0 Å². The fourth-order valence-electron chi connectivity index (χ4n) is 1.83. The number of likely N-dealkylation sites (N-methyl/N-ethyl adjacent to an activating group) is 1. The van der Waals surface area contributed by atoms with Crippen LogP contribution in [-0.2, 0) is 6.54 Å². The minimum absolute atomic E-state index is 0.122. The molecule has 15 heavy (non-hydrogen) atoms. The average Bonchev–Trinajstić information content (AvgIpc) is 2.75. The van der Waals surface area contributed by atoms with E-state index in [1.54, 1.807) is 6.92 Å². The summed E-state index contributed by atoms with van der Waals surface area (Å²) in [5.74, 6) is 1.16. The Balaban J connectivity index is 1.94. The van der Waals surface area contributed by atoms with E-state index >= 15 is 0 Å². The molecule has 1 aliphatic rings. The number of nitrogens with zero attached hydrogens (tertiary/aromatic N) is 3. The normalized spacial score (nSPS) is 26.4. The average molecular weight is 212 g/mol. The third-order valence-corrected chi connectivity index (χ3v) is 2.67. The number of hydrogen-bond donors (Lipinski definition) is 2. The second-order valence-corrected chi connectivity index (χ2v) is 3.92. The van der Waals surface area contributed by atoms with Crippen LogP contribution in [0.5, 0.6) is 0 Å². The summed E-state index contributed by atoms with van der Waals surface area (Å²) in [6.45, 7) is 3.79. The number of aliphatic hydroxyl groups is 1. The lowest BCUT2D eigenvalue weighted by Gasteiger charge is -2.24. The fourth-order valence-corrected chi connectivity index (χ4v) is 1.83. The van der Waals surface area contributed by atoms with E-state index in [1.165, 1.54) is 0 Å². The number of aliphatic hydroxyl groups excluding tert-OH is 1. The quantitative estimate of drug-likeness (QED) is 0.679. The Kier molecular flexibility index (Phi) is 2.99. The van der Waals surface area contributed by atoms with Gasteiger partial charge in [-0.05, 0) is 7.05 Å². The fraction of sp³-hybridized carbons (Fsp3) is 0.778. The summed E-state index contributed by atoms with van der Waals surface area (Å²) in [6.07, 6.45) is -0.320. The molecule has 1 aromatic heterocycles. The van der Waals surface area contributed by atoms with Gasteiger partial charge in [0.1, 0.15) is 0 Å². The maximum Gasteiger partial charge on any atom is 0.230 e. The van der Waals surface area contributed by atoms with Crippen LogP contribution in [-0.4, -0.2) is 52.5 Å². The monoisotopic (exact) mass is 212 g/mol. The van der Waals surface area contributed by atoms with Crippen LogP contribution in [0.3, 0.4) is 0 Å². The molecule has 1 fully saturated rings. The topological polar surface area (TPSA) is 74.4 Å². The lowest BCUT2D eigenvalue weighted by atomic mass is 10.2. The molecular weight excluding hydrogens is 196 g/mol. The van der Waals surface area contributed by atoms with Gasteiger partial charge in [0.2, 0.25) is 11.8 Å². The molecule has 1 aromatic rings. The zero-order chi connectivity index (χ0) is 10.8.